The molecule has 0 bridgehead atoms. The molecule has 2 nitrogen and oxygen atoms in total. The van der Waals surface area contributed by atoms with Crippen LogP contribution in [0.4, 0.5) is 0 Å². The van der Waals surface area contributed by atoms with Gasteiger partial charge in [0.25, 0.3) is 0 Å². The highest BCUT2D eigenvalue weighted by atomic mass is 32.1. The largest absolute Gasteiger partial charge is 0.329 e. The van der Waals surface area contributed by atoms with Crippen LogP contribution in [0.3, 0.4) is 0 Å². The van der Waals surface area contributed by atoms with E-state index >= 15 is 0 Å². The fourth-order valence-electron chi connectivity index (χ4n) is 1.42. The van der Waals surface area contributed by atoms with E-state index in [2.05, 4.69) is 32.8 Å². The molecule has 0 aliphatic heterocycles. The fourth-order valence-corrected chi connectivity index (χ4v) is 2.16. The van der Waals surface area contributed by atoms with Crippen LogP contribution >= 0.6 is 11.3 Å². The molecule has 2 heterocycles. The van der Waals surface area contributed by atoms with Crippen LogP contribution < -0.4 is 0 Å². The Bertz CT molecular complexity index is 471. The standard InChI is InChI=1S/C12H12N2S/c1-2-3-4-8-14-9-7-13-12(14)11-6-5-10-15-11/h5-7,9-10H,4,8H2,1H3. The van der Waals surface area contributed by atoms with Crippen molar-refractivity contribution in [1.29, 1.82) is 0 Å². The lowest BCUT2D eigenvalue weighted by molar-refractivity contribution is 0.727. The van der Waals surface area contributed by atoms with Crippen molar-refractivity contribution in [2.24, 2.45) is 0 Å². The first-order chi connectivity index (χ1) is 7.42. The summed E-state index contributed by atoms with van der Waals surface area (Å²) in [7, 11) is 0. The van der Waals surface area contributed by atoms with Crippen LogP contribution in [0.2, 0.25) is 0 Å². The molecule has 0 aliphatic rings. The third-order valence-corrected chi connectivity index (χ3v) is 2.98. The third-order valence-electron chi connectivity index (χ3n) is 2.11. The summed E-state index contributed by atoms with van der Waals surface area (Å²) in [5.41, 5.74) is 0. The van der Waals surface area contributed by atoms with Gasteiger partial charge in [0.1, 0.15) is 5.82 Å². The summed E-state index contributed by atoms with van der Waals surface area (Å²) >= 11 is 1.71. The Hall–Kier alpha value is -1.53. The van der Waals surface area contributed by atoms with Gasteiger partial charge in [-0.15, -0.1) is 23.2 Å². The van der Waals surface area contributed by atoms with E-state index in [1.54, 1.807) is 11.3 Å². The number of aryl methyl sites for hydroxylation is 1. The highest BCUT2D eigenvalue weighted by Crippen LogP contribution is 2.22. The Balaban J connectivity index is 2.18. The highest BCUT2D eigenvalue weighted by molar-refractivity contribution is 7.13. The zero-order valence-electron chi connectivity index (χ0n) is 8.60. The Morgan fingerprint density at radius 2 is 2.47 bits per heavy atom. The van der Waals surface area contributed by atoms with Gasteiger partial charge in [0.2, 0.25) is 0 Å². The van der Waals surface area contributed by atoms with Crippen LogP contribution in [-0.4, -0.2) is 9.55 Å². The Kier molecular flexibility index (Phi) is 3.21. The second-order valence-electron chi connectivity index (χ2n) is 3.10. The van der Waals surface area contributed by atoms with Crippen LogP contribution in [-0.2, 0) is 6.54 Å². The lowest BCUT2D eigenvalue weighted by Crippen LogP contribution is -1.97. The molecule has 0 aromatic carbocycles. The number of thiophene rings is 1. The van der Waals surface area contributed by atoms with Crippen molar-refractivity contribution in [2.45, 2.75) is 19.9 Å². The molecule has 0 atom stereocenters. The fraction of sp³-hybridized carbons (Fsp3) is 0.250. The van der Waals surface area contributed by atoms with Gasteiger partial charge >= 0.3 is 0 Å². The van der Waals surface area contributed by atoms with E-state index < -0.39 is 0 Å². The molecule has 0 unspecified atom stereocenters. The van der Waals surface area contributed by atoms with E-state index in [1.165, 1.54) is 4.88 Å². The number of rotatable bonds is 3. The smallest absolute Gasteiger partial charge is 0.150 e. The zero-order chi connectivity index (χ0) is 10.5. The van der Waals surface area contributed by atoms with E-state index in [0.717, 1.165) is 18.8 Å². The minimum Gasteiger partial charge on any atom is -0.329 e. The SMILES string of the molecule is CC#CCCn1ccnc1-c1cccs1. The maximum absolute atomic E-state index is 4.36. The quantitative estimate of drug-likeness (QED) is 0.721. The summed E-state index contributed by atoms with van der Waals surface area (Å²) in [6, 6.07) is 4.14. The lowest BCUT2D eigenvalue weighted by atomic mass is 10.4. The average Bonchev–Trinajstić information content (AvgIpc) is 2.87. The topological polar surface area (TPSA) is 17.8 Å². The van der Waals surface area contributed by atoms with Gasteiger partial charge in [-0.25, -0.2) is 4.98 Å². The Labute approximate surface area is 93.6 Å². The molecule has 2 aromatic rings. The molecule has 15 heavy (non-hydrogen) atoms. The van der Waals surface area contributed by atoms with Crippen molar-refractivity contribution in [3.05, 3.63) is 29.9 Å². The maximum atomic E-state index is 4.36. The first kappa shape index (κ1) is 10.0. The summed E-state index contributed by atoms with van der Waals surface area (Å²) in [4.78, 5) is 5.58. The van der Waals surface area contributed by atoms with Gasteiger partial charge in [0.15, 0.2) is 0 Å². The molecular weight excluding hydrogens is 204 g/mol. The molecular formula is C12H12N2S. The van der Waals surface area contributed by atoms with Crippen molar-refractivity contribution in [3.8, 4) is 22.5 Å². The first-order valence-electron chi connectivity index (χ1n) is 4.86. The molecule has 0 amide bonds. The van der Waals surface area contributed by atoms with Crippen molar-refractivity contribution in [2.75, 3.05) is 0 Å². The predicted octanol–water partition coefficient (Wildman–Crippen LogP) is 3.03. The summed E-state index contributed by atoms with van der Waals surface area (Å²) < 4.78 is 2.15. The third kappa shape index (κ3) is 2.28. The first-order valence-corrected chi connectivity index (χ1v) is 5.74. The highest BCUT2D eigenvalue weighted by Gasteiger charge is 2.05. The second kappa shape index (κ2) is 4.81. The summed E-state index contributed by atoms with van der Waals surface area (Å²) in [5, 5.41) is 2.07. The summed E-state index contributed by atoms with van der Waals surface area (Å²) in [6.07, 6.45) is 4.73. The van der Waals surface area contributed by atoms with Crippen molar-refractivity contribution in [1.82, 2.24) is 9.55 Å². The van der Waals surface area contributed by atoms with Crippen LogP contribution in [0.1, 0.15) is 13.3 Å². The van der Waals surface area contributed by atoms with Crippen molar-refractivity contribution >= 4 is 11.3 Å². The Morgan fingerprint density at radius 1 is 1.53 bits per heavy atom. The zero-order valence-corrected chi connectivity index (χ0v) is 9.42. The molecule has 2 rings (SSSR count). The monoisotopic (exact) mass is 216 g/mol. The Morgan fingerprint density at radius 3 is 3.20 bits per heavy atom. The minimum atomic E-state index is 0.880. The van der Waals surface area contributed by atoms with Crippen LogP contribution in [0, 0.1) is 11.8 Å². The number of hydrogen-bond acceptors (Lipinski definition) is 2. The van der Waals surface area contributed by atoms with Gasteiger partial charge < -0.3 is 4.57 Å². The molecule has 0 radical (unpaired) electrons. The number of hydrogen-bond donors (Lipinski definition) is 0. The second-order valence-corrected chi connectivity index (χ2v) is 4.05. The van der Waals surface area contributed by atoms with Gasteiger partial charge in [0.05, 0.1) is 4.88 Å². The molecule has 0 spiro atoms. The molecule has 0 aliphatic carbocycles. The van der Waals surface area contributed by atoms with Crippen LogP contribution in [0.5, 0.6) is 0 Å². The summed E-state index contributed by atoms with van der Waals surface area (Å²) in [5.74, 6) is 7.01. The van der Waals surface area contributed by atoms with E-state index in [0.29, 0.717) is 0 Å². The summed E-state index contributed by atoms with van der Waals surface area (Å²) in [6.45, 7) is 2.78. The predicted molar refractivity (Wildman–Crippen MR) is 63.6 cm³/mol. The number of imidazole rings is 1. The number of aromatic nitrogens is 2. The molecule has 0 saturated heterocycles. The maximum Gasteiger partial charge on any atom is 0.150 e. The van der Waals surface area contributed by atoms with Gasteiger partial charge in [-0.05, 0) is 18.4 Å². The van der Waals surface area contributed by atoms with Crippen LogP contribution in [0.15, 0.2) is 29.9 Å². The van der Waals surface area contributed by atoms with Crippen LogP contribution in [0.25, 0.3) is 10.7 Å². The molecule has 0 saturated carbocycles. The van der Waals surface area contributed by atoms with E-state index in [4.69, 9.17) is 0 Å². The average molecular weight is 216 g/mol. The van der Waals surface area contributed by atoms with Gasteiger partial charge in [0, 0.05) is 25.4 Å². The van der Waals surface area contributed by atoms with Gasteiger partial charge in [-0.2, -0.15) is 0 Å². The van der Waals surface area contributed by atoms with Crippen molar-refractivity contribution in [3.63, 3.8) is 0 Å². The van der Waals surface area contributed by atoms with Gasteiger partial charge in [-0.1, -0.05) is 6.07 Å². The number of nitrogens with zero attached hydrogens (tertiary/aromatic N) is 2. The van der Waals surface area contributed by atoms with E-state index in [-0.39, 0.29) is 0 Å². The van der Waals surface area contributed by atoms with Crippen molar-refractivity contribution < 1.29 is 0 Å². The molecule has 3 heteroatoms. The van der Waals surface area contributed by atoms with E-state index in [9.17, 15) is 0 Å². The molecule has 0 fully saturated rings. The molecule has 2 aromatic heterocycles. The molecule has 76 valence electrons. The molecule has 0 N–H and O–H groups in total. The lowest BCUT2D eigenvalue weighted by Gasteiger charge is -2.02. The normalized spacial score (nSPS) is 9.67. The van der Waals surface area contributed by atoms with E-state index in [1.807, 2.05) is 25.4 Å². The minimum absolute atomic E-state index is 0.880. The van der Waals surface area contributed by atoms with Gasteiger partial charge in [-0.3, -0.25) is 0 Å².